The second-order valence-electron chi connectivity index (χ2n) is 6.76. The number of fused-ring (bicyclic) bond motifs is 1. The van der Waals surface area contributed by atoms with E-state index in [1.54, 1.807) is 12.1 Å². The van der Waals surface area contributed by atoms with Gasteiger partial charge in [-0.3, -0.25) is 4.79 Å². The summed E-state index contributed by atoms with van der Waals surface area (Å²) in [5.74, 6) is 2.21. The largest absolute Gasteiger partial charge is 0.465 e. The number of carbonyl (C=O) groups is 1. The van der Waals surface area contributed by atoms with Crippen molar-refractivity contribution in [3.63, 3.8) is 0 Å². The molecule has 1 aliphatic rings. The number of amides is 1. The van der Waals surface area contributed by atoms with Crippen LogP contribution in [0.5, 0.6) is 0 Å². The lowest BCUT2D eigenvalue weighted by molar-refractivity contribution is 0.0948. The first-order valence-electron chi connectivity index (χ1n) is 8.74. The molecule has 1 aliphatic heterocycles. The van der Waals surface area contributed by atoms with Gasteiger partial charge in [0, 0.05) is 25.7 Å². The molecule has 3 aromatic rings. The molecular formula is C19H22N4O3. The molecule has 0 bridgehead atoms. The molecule has 7 heteroatoms. The molecular weight excluding hydrogens is 332 g/mol. The number of β-amino-alcohol motifs (C(OH)–C–C–N with tert-alkyl or cyclic N) is 1. The Bertz CT molecular complexity index is 959. The van der Waals surface area contributed by atoms with E-state index in [-0.39, 0.29) is 12.0 Å². The summed E-state index contributed by atoms with van der Waals surface area (Å²) in [7, 11) is 1.95. The van der Waals surface area contributed by atoms with Crippen LogP contribution in [0.1, 0.15) is 28.3 Å². The smallest absolute Gasteiger partial charge is 0.251 e. The number of aliphatic hydroxyl groups excluding tert-OH is 1. The van der Waals surface area contributed by atoms with E-state index < -0.39 is 0 Å². The van der Waals surface area contributed by atoms with E-state index in [4.69, 9.17) is 4.42 Å². The number of nitrogens with zero attached hydrogens (tertiary/aromatic N) is 3. The van der Waals surface area contributed by atoms with Crippen LogP contribution in [0, 0.1) is 6.92 Å². The number of anilines is 1. The average Bonchev–Trinajstić information content (AvgIpc) is 3.32. The van der Waals surface area contributed by atoms with E-state index in [2.05, 4.69) is 15.2 Å². The summed E-state index contributed by atoms with van der Waals surface area (Å²) in [6, 6.07) is 9.24. The minimum atomic E-state index is -0.304. The zero-order chi connectivity index (χ0) is 18.3. The fraction of sp³-hybridized carbons (Fsp3) is 0.368. The summed E-state index contributed by atoms with van der Waals surface area (Å²) >= 11 is 0. The molecule has 4 rings (SSSR count). The van der Waals surface area contributed by atoms with Gasteiger partial charge in [0.15, 0.2) is 0 Å². The van der Waals surface area contributed by atoms with Crippen molar-refractivity contribution in [1.82, 2.24) is 14.9 Å². The SMILES string of the molecule is Cc1ccc(CNC(=O)c2ccc3c(c2)nc(N2CC[C@H](O)C2)n3C)o1. The molecule has 26 heavy (non-hydrogen) atoms. The summed E-state index contributed by atoms with van der Waals surface area (Å²) in [5, 5.41) is 12.6. The zero-order valence-corrected chi connectivity index (χ0v) is 14.9. The Balaban J connectivity index is 1.54. The van der Waals surface area contributed by atoms with Crippen molar-refractivity contribution in [2.24, 2.45) is 7.05 Å². The highest BCUT2D eigenvalue weighted by molar-refractivity contribution is 5.97. The third-order valence-electron chi connectivity index (χ3n) is 4.78. The van der Waals surface area contributed by atoms with Crippen LogP contribution in [-0.4, -0.2) is 39.8 Å². The second kappa shape index (κ2) is 6.49. The molecule has 136 valence electrons. The van der Waals surface area contributed by atoms with Crippen LogP contribution < -0.4 is 10.2 Å². The number of carbonyl (C=O) groups excluding carboxylic acids is 1. The van der Waals surface area contributed by atoms with E-state index >= 15 is 0 Å². The van der Waals surface area contributed by atoms with Crippen LogP contribution >= 0.6 is 0 Å². The van der Waals surface area contributed by atoms with Crippen molar-refractivity contribution in [3.05, 3.63) is 47.4 Å². The zero-order valence-electron chi connectivity index (χ0n) is 14.9. The standard InChI is InChI=1S/C19H22N4O3/c1-12-3-5-15(26-12)10-20-18(25)13-4-6-17-16(9-13)21-19(22(17)2)23-8-7-14(24)11-23/h3-6,9,14,24H,7-8,10-11H2,1-2H3,(H,20,25)/t14-/m0/s1. The predicted octanol–water partition coefficient (Wildman–Crippen LogP) is 1.98. The fourth-order valence-electron chi connectivity index (χ4n) is 3.38. The first-order valence-corrected chi connectivity index (χ1v) is 8.74. The summed E-state index contributed by atoms with van der Waals surface area (Å²) in [6.45, 7) is 3.60. The molecule has 0 unspecified atom stereocenters. The van der Waals surface area contributed by atoms with Crippen LogP contribution in [0.15, 0.2) is 34.7 Å². The molecule has 0 spiro atoms. The van der Waals surface area contributed by atoms with Gasteiger partial charge in [-0.15, -0.1) is 0 Å². The lowest BCUT2D eigenvalue weighted by Crippen LogP contribution is -2.24. The first kappa shape index (κ1) is 16.7. The maximum Gasteiger partial charge on any atom is 0.251 e. The van der Waals surface area contributed by atoms with E-state index in [0.29, 0.717) is 18.7 Å². The minimum absolute atomic E-state index is 0.162. The summed E-state index contributed by atoms with van der Waals surface area (Å²) in [6.07, 6.45) is 0.449. The van der Waals surface area contributed by atoms with Crippen molar-refractivity contribution < 1.29 is 14.3 Å². The minimum Gasteiger partial charge on any atom is -0.465 e. The lowest BCUT2D eigenvalue weighted by atomic mass is 10.2. The number of imidazole rings is 1. The summed E-state index contributed by atoms with van der Waals surface area (Å²) in [4.78, 5) is 19.2. The van der Waals surface area contributed by atoms with Gasteiger partial charge in [-0.25, -0.2) is 4.98 Å². The van der Waals surface area contributed by atoms with Crippen LogP contribution in [0.4, 0.5) is 5.95 Å². The Morgan fingerprint density at radius 2 is 2.23 bits per heavy atom. The number of rotatable bonds is 4. The van der Waals surface area contributed by atoms with Gasteiger partial charge in [0.25, 0.3) is 5.91 Å². The number of hydrogen-bond acceptors (Lipinski definition) is 5. The number of aromatic nitrogens is 2. The maximum atomic E-state index is 12.4. The lowest BCUT2D eigenvalue weighted by Gasteiger charge is -2.16. The first-order chi connectivity index (χ1) is 12.5. The van der Waals surface area contributed by atoms with Crippen molar-refractivity contribution in [3.8, 4) is 0 Å². The van der Waals surface area contributed by atoms with Gasteiger partial charge in [-0.05, 0) is 43.7 Å². The third-order valence-corrected chi connectivity index (χ3v) is 4.78. The Labute approximate surface area is 151 Å². The van der Waals surface area contributed by atoms with Crippen molar-refractivity contribution >= 4 is 22.9 Å². The Morgan fingerprint density at radius 1 is 1.38 bits per heavy atom. The van der Waals surface area contributed by atoms with Crippen molar-refractivity contribution in [2.45, 2.75) is 26.0 Å². The molecule has 1 aromatic carbocycles. The number of aryl methyl sites for hydroxylation is 2. The average molecular weight is 354 g/mol. The van der Waals surface area contributed by atoms with E-state index in [1.807, 2.05) is 36.7 Å². The van der Waals surface area contributed by atoms with Crippen LogP contribution in [0.25, 0.3) is 11.0 Å². The molecule has 0 radical (unpaired) electrons. The van der Waals surface area contributed by atoms with Gasteiger partial charge >= 0.3 is 0 Å². The molecule has 3 heterocycles. The molecule has 2 N–H and O–H groups in total. The van der Waals surface area contributed by atoms with Crippen LogP contribution in [-0.2, 0) is 13.6 Å². The molecule has 1 fully saturated rings. The fourth-order valence-corrected chi connectivity index (χ4v) is 3.38. The Morgan fingerprint density at radius 3 is 2.92 bits per heavy atom. The van der Waals surface area contributed by atoms with Gasteiger partial charge in [0.05, 0.1) is 23.7 Å². The number of benzene rings is 1. The highest BCUT2D eigenvalue weighted by Crippen LogP contribution is 2.25. The normalized spacial score (nSPS) is 17.2. The Hall–Kier alpha value is -2.80. The van der Waals surface area contributed by atoms with Crippen molar-refractivity contribution in [2.75, 3.05) is 18.0 Å². The van der Waals surface area contributed by atoms with Crippen LogP contribution in [0.2, 0.25) is 0 Å². The molecule has 0 saturated carbocycles. The van der Waals surface area contributed by atoms with Crippen LogP contribution in [0.3, 0.4) is 0 Å². The van der Waals surface area contributed by atoms with Gasteiger partial charge in [0.2, 0.25) is 5.95 Å². The molecule has 1 amide bonds. The molecule has 1 atom stereocenters. The van der Waals surface area contributed by atoms with Crippen molar-refractivity contribution in [1.29, 1.82) is 0 Å². The molecule has 2 aromatic heterocycles. The second-order valence-corrected chi connectivity index (χ2v) is 6.76. The quantitative estimate of drug-likeness (QED) is 0.748. The van der Waals surface area contributed by atoms with E-state index in [9.17, 15) is 9.90 Å². The summed E-state index contributed by atoms with van der Waals surface area (Å²) < 4.78 is 7.47. The number of hydrogen-bond donors (Lipinski definition) is 2. The maximum absolute atomic E-state index is 12.4. The number of aliphatic hydroxyl groups is 1. The topological polar surface area (TPSA) is 83.5 Å². The van der Waals surface area contributed by atoms with Gasteiger partial charge in [-0.2, -0.15) is 0 Å². The molecule has 1 saturated heterocycles. The molecule has 7 nitrogen and oxygen atoms in total. The van der Waals surface area contributed by atoms with Gasteiger partial charge in [-0.1, -0.05) is 0 Å². The predicted molar refractivity (Wildman–Crippen MR) is 98.2 cm³/mol. The highest BCUT2D eigenvalue weighted by Gasteiger charge is 2.24. The van der Waals surface area contributed by atoms with Gasteiger partial charge in [0.1, 0.15) is 11.5 Å². The monoisotopic (exact) mass is 354 g/mol. The van der Waals surface area contributed by atoms with Gasteiger partial charge < -0.3 is 24.3 Å². The third kappa shape index (κ3) is 3.06. The Kier molecular flexibility index (Phi) is 4.16. The van der Waals surface area contributed by atoms with E-state index in [1.165, 1.54) is 0 Å². The van der Waals surface area contributed by atoms with E-state index in [0.717, 1.165) is 41.5 Å². The molecule has 0 aliphatic carbocycles. The summed E-state index contributed by atoms with van der Waals surface area (Å²) in [5.41, 5.74) is 2.29. The number of nitrogens with one attached hydrogen (secondary N) is 1. The highest BCUT2D eigenvalue weighted by atomic mass is 16.3. The number of furan rings is 1.